The van der Waals surface area contributed by atoms with Gasteiger partial charge in [-0.2, -0.15) is 5.26 Å². The maximum atomic E-state index is 8.81. The third-order valence-electron chi connectivity index (χ3n) is 3.52. The van der Waals surface area contributed by atoms with Crippen LogP contribution in [0.15, 0.2) is 42.6 Å². The van der Waals surface area contributed by atoms with Crippen molar-refractivity contribution in [1.29, 1.82) is 5.26 Å². The molecule has 1 atom stereocenters. The van der Waals surface area contributed by atoms with Crippen LogP contribution in [0.5, 0.6) is 0 Å². The van der Waals surface area contributed by atoms with Crippen LogP contribution in [0.3, 0.4) is 0 Å². The van der Waals surface area contributed by atoms with Crippen molar-refractivity contribution in [3.8, 4) is 6.07 Å². The average molecular weight is 267 g/mol. The third kappa shape index (κ3) is 3.49. The van der Waals surface area contributed by atoms with Crippen LogP contribution in [0.25, 0.3) is 0 Å². The van der Waals surface area contributed by atoms with Crippen LogP contribution in [-0.2, 0) is 13.1 Å². The molecule has 0 aliphatic rings. The van der Waals surface area contributed by atoms with Crippen LogP contribution in [0.2, 0.25) is 0 Å². The predicted octanol–water partition coefficient (Wildman–Crippen LogP) is 3.62. The second-order valence-electron chi connectivity index (χ2n) is 5.03. The molecule has 0 spiro atoms. The van der Waals surface area contributed by atoms with E-state index in [1.54, 1.807) is 0 Å². The Bertz CT molecular complexity index is 575. The number of aryl methyl sites for hydroxylation is 1. The Hall–Kier alpha value is -2.05. The SMILES string of the molecule is CCCn1cccc1CNC(C)c1ccc(C#N)cc1. The molecular weight excluding hydrogens is 246 g/mol. The summed E-state index contributed by atoms with van der Waals surface area (Å²) in [6.07, 6.45) is 3.28. The Morgan fingerprint density at radius 2 is 2.00 bits per heavy atom. The summed E-state index contributed by atoms with van der Waals surface area (Å²) >= 11 is 0. The molecule has 1 aromatic heterocycles. The number of rotatable bonds is 6. The number of nitrogens with zero attached hydrogens (tertiary/aromatic N) is 2. The van der Waals surface area contributed by atoms with Crippen molar-refractivity contribution in [2.24, 2.45) is 0 Å². The topological polar surface area (TPSA) is 40.8 Å². The van der Waals surface area contributed by atoms with Crippen LogP contribution < -0.4 is 5.32 Å². The highest BCUT2D eigenvalue weighted by molar-refractivity contribution is 5.32. The first-order chi connectivity index (χ1) is 9.74. The van der Waals surface area contributed by atoms with Gasteiger partial charge in [0, 0.05) is 31.0 Å². The van der Waals surface area contributed by atoms with Gasteiger partial charge < -0.3 is 9.88 Å². The average Bonchev–Trinajstić information content (AvgIpc) is 2.92. The molecule has 104 valence electrons. The van der Waals surface area contributed by atoms with Gasteiger partial charge in [-0.05, 0) is 43.2 Å². The Morgan fingerprint density at radius 3 is 2.65 bits per heavy atom. The monoisotopic (exact) mass is 267 g/mol. The molecule has 2 aromatic rings. The second kappa shape index (κ2) is 6.93. The predicted molar refractivity (Wildman–Crippen MR) is 81.1 cm³/mol. The van der Waals surface area contributed by atoms with E-state index in [4.69, 9.17) is 5.26 Å². The molecular formula is C17H21N3. The van der Waals surface area contributed by atoms with Gasteiger partial charge in [0.25, 0.3) is 0 Å². The maximum absolute atomic E-state index is 8.81. The summed E-state index contributed by atoms with van der Waals surface area (Å²) in [6, 6.07) is 14.4. The van der Waals surface area contributed by atoms with Crippen molar-refractivity contribution in [3.63, 3.8) is 0 Å². The first-order valence-corrected chi connectivity index (χ1v) is 7.12. The minimum Gasteiger partial charge on any atom is -0.350 e. The Kier molecular flexibility index (Phi) is 4.97. The molecule has 0 radical (unpaired) electrons. The standard InChI is InChI=1S/C17H21N3/c1-3-10-20-11-4-5-17(20)13-19-14(2)16-8-6-15(12-18)7-9-16/h4-9,11,14,19H,3,10,13H2,1-2H3. The van der Waals surface area contributed by atoms with Crippen molar-refractivity contribution in [2.75, 3.05) is 0 Å². The molecule has 0 bridgehead atoms. The number of hydrogen-bond donors (Lipinski definition) is 1. The van der Waals surface area contributed by atoms with Crippen molar-refractivity contribution >= 4 is 0 Å². The van der Waals surface area contributed by atoms with Crippen molar-refractivity contribution in [1.82, 2.24) is 9.88 Å². The van der Waals surface area contributed by atoms with Crippen LogP contribution in [0.4, 0.5) is 0 Å². The van der Waals surface area contributed by atoms with Crippen LogP contribution in [-0.4, -0.2) is 4.57 Å². The molecule has 1 N–H and O–H groups in total. The van der Waals surface area contributed by atoms with E-state index in [0.29, 0.717) is 5.56 Å². The zero-order chi connectivity index (χ0) is 14.4. The van der Waals surface area contributed by atoms with E-state index < -0.39 is 0 Å². The summed E-state index contributed by atoms with van der Waals surface area (Å²) in [5, 5.41) is 12.3. The van der Waals surface area contributed by atoms with Gasteiger partial charge in [-0.25, -0.2) is 0 Å². The maximum Gasteiger partial charge on any atom is 0.0991 e. The molecule has 0 aliphatic heterocycles. The molecule has 0 amide bonds. The van der Waals surface area contributed by atoms with E-state index in [0.717, 1.165) is 19.5 Å². The fourth-order valence-electron chi connectivity index (χ4n) is 2.29. The lowest BCUT2D eigenvalue weighted by Crippen LogP contribution is -2.20. The summed E-state index contributed by atoms with van der Waals surface area (Å²) in [5.74, 6) is 0. The smallest absolute Gasteiger partial charge is 0.0991 e. The lowest BCUT2D eigenvalue weighted by atomic mass is 10.1. The lowest BCUT2D eigenvalue weighted by Gasteiger charge is -2.15. The van der Waals surface area contributed by atoms with E-state index in [9.17, 15) is 0 Å². The summed E-state index contributed by atoms with van der Waals surface area (Å²) in [5.41, 5.74) is 3.22. The zero-order valence-electron chi connectivity index (χ0n) is 12.1. The molecule has 0 aliphatic carbocycles. The van der Waals surface area contributed by atoms with Gasteiger partial charge in [-0.3, -0.25) is 0 Å². The summed E-state index contributed by atoms with van der Waals surface area (Å²) in [4.78, 5) is 0. The molecule has 3 heteroatoms. The first kappa shape index (κ1) is 14.4. The normalized spacial score (nSPS) is 12.1. The molecule has 0 saturated heterocycles. The molecule has 0 fully saturated rings. The lowest BCUT2D eigenvalue weighted by molar-refractivity contribution is 0.542. The largest absolute Gasteiger partial charge is 0.350 e. The fourth-order valence-corrected chi connectivity index (χ4v) is 2.29. The highest BCUT2D eigenvalue weighted by atomic mass is 15.0. The van der Waals surface area contributed by atoms with Crippen LogP contribution in [0, 0.1) is 11.3 Å². The Labute approximate surface area is 120 Å². The Balaban J connectivity index is 1.95. The molecule has 2 rings (SSSR count). The summed E-state index contributed by atoms with van der Waals surface area (Å²) < 4.78 is 2.29. The van der Waals surface area contributed by atoms with Crippen LogP contribution in [0.1, 0.15) is 43.1 Å². The van der Waals surface area contributed by atoms with Crippen molar-refractivity contribution in [3.05, 3.63) is 59.4 Å². The molecule has 0 saturated carbocycles. The van der Waals surface area contributed by atoms with E-state index in [1.165, 1.54) is 11.3 Å². The molecule has 3 nitrogen and oxygen atoms in total. The van der Waals surface area contributed by atoms with Gasteiger partial charge >= 0.3 is 0 Å². The van der Waals surface area contributed by atoms with E-state index in [2.05, 4.69) is 48.1 Å². The van der Waals surface area contributed by atoms with Crippen molar-refractivity contribution in [2.45, 2.75) is 39.4 Å². The summed E-state index contributed by atoms with van der Waals surface area (Å²) in [6.45, 7) is 6.26. The fraction of sp³-hybridized carbons (Fsp3) is 0.353. The highest BCUT2D eigenvalue weighted by Gasteiger charge is 2.06. The minimum atomic E-state index is 0.271. The minimum absolute atomic E-state index is 0.271. The molecule has 1 heterocycles. The van der Waals surface area contributed by atoms with Gasteiger partial charge in [0.15, 0.2) is 0 Å². The van der Waals surface area contributed by atoms with Crippen molar-refractivity contribution < 1.29 is 0 Å². The highest BCUT2D eigenvalue weighted by Crippen LogP contribution is 2.14. The first-order valence-electron chi connectivity index (χ1n) is 7.12. The van der Waals surface area contributed by atoms with Gasteiger partial charge in [-0.1, -0.05) is 19.1 Å². The number of hydrogen-bond acceptors (Lipinski definition) is 2. The molecule has 1 aromatic carbocycles. The second-order valence-corrected chi connectivity index (χ2v) is 5.03. The molecule has 1 unspecified atom stereocenters. The van der Waals surface area contributed by atoms with E-state index in [1.807, 2.05) is 24.3 Å². The third-order valence-corrected chi connectivity index (χ3v) is 3.52. The van der Waals surface area contributed by atoms with Crippen LogP contribution >= 0.6 is 0 Å². The zero-order valence-corrected chi connectivity index (χ0v) is 12.1. The van der Waals surface area contributed by atoms with Gasteiger partial charge in [0.2, 0.25) is 0 Å². The summed E-state index contributed by atoms with van der Waals surface area (Å²) in [7, 11) is 0. The molecule has 20 heavy (non-hydrogen) atoms. The number of nitriles is 1. The van der Waals surface area contributed by atoms with Gasteiger partial charge in [0.1, 0.15) is 0 Å². The van der Waals surface area contributed by atoms with E-state index in [-0.39, 0.29) is 6.04 Å². The van der Waals surface area contributed by atoms with Gasteiger partial charge in [-0.15, -0.1) is 0 Å². The number of benzene rings is 1. The number of nitrogens with one attached hydrogen (secondary N) is 1. The quantitative estimate of drug-likeness (QED) is 0.868. The van der Waals surface area contributed by atoms with Gasteiger partial charge in [0.05, 0.1) is 11.6 Å². The Morgan fingerprint density at radius 1 is 1.25 bits per heavy atom. The van der Waals surface area contributed by atoms with E-state index >= 15 is 0 Å². The number of aromatic nitrogens is 1.